The maximum Gasteiger partial charge on any atom is 0.286 e. The van der Waals surface area contributed by atoms with E-state index >= 15 is 0 Å². The quantitative estimate of drug-likeness (QED) is 0.749. The van der Waals surface area contributed by atoms with E-state index in [4.69, 9.17) is 14.6 Å². The third kappa shape index (κ3) is 4.76. The van der Waals surface area contributed by atoms with Crippen molar-refractivity contribution in [3.05, 3.63) is 47.2 Å². The Balaban J connectivity index is 1.38. The number of carbonyl (C=O) groups excluding carboxylic acids is 1. The average molecular weight is 386 g/mol. The van der Waals surface area contributed by atoms with Gasteiger partial charge in [-0.2, -0.15) is 0 Å². The number of rotatable bonds is 7. The van der Waals surface area contributed by atoms with Crippen molar-refractivity contribution in [3.8, 4) is 0 Å². The van der Waals surface area contributed by atoms with Gasteiger partial charge < -0.3 is 19.9 Å². The van der Waals surface area contributed by atoms with Gasteiger partial charge in [-0.3, -0.25) is 4.79 Å². The van der Waals surface area contributed by atoms with Crippen LogP contribution in [0.5, 0.6) is 0 Å². The second-order valence-corrected chi connectivity index (χ2v) is 8.41. The van der Waals surface area contributed by atoms with Crippen LogP contribution in [0.3, 0.4) is 0 Å². The van der Waals surface area contributed by atoms with Gasteiger partial charge in [0, 0.05) is 12.5 Å². The van der Waals surface area contributed by atoms with Crippen molar-refractivity contribution in [2.45, 2.75) is 76.9 Å². The topological polar surface area (TPSA) is 67.8 Å². The molecule has 0 unspecified atom stereocenters. The smallest absolute Gasteiger partial charge is 0.286 e. The molecular weight excluding hydrogens is 354 g/mol. The monoisotopic (exact) mass is 385 g/mol. The van der Waals surface area contributed by atoms with E-state index in [2.05, 4.69) is 5.32 Å². The summed E-state index contributed by atoms with van der Waals surface area (Å²) in [5, 5.41) is 12.3. The molecule has 1 aromatic carbocycles. The summed E-state index contributed by atoms with van der Waals surface area (Å²) in [5.41, 5.74) is 1.92. The molecule has 0 aromatic heterocycles. The lowest BCUT2D eigenvalue weighted by Crippen LogP contribution is -2.39. The highest BCUT2D eigenvalue weighted by atomic mass is 16.7. The lowest BCUT2D eigenvalue weighted by molar-refractivity contribution is -0.157. The van der Waals surface area contributed by atoms with Crippen LogP contribution in [0.1, 0.15) is 62.5 Å². The number of aliphatic hydroxyl groups excluding tert-OH is 1. The molecule has 1 aliphatic heterocycles. The molecule has 1 aromatic rings. The van der Waals surface area contributed by atoms with Gasteiger partial charge in [0.2, 0.25) is 6.29 Å². The molecule has 0 radical (unpaired) electrons. The summed E-state index contributed by atoms with van der Waals surface area (Å²) < 4.78 is 12.0. The van der Waals surface area contributed by atoms with Gasteiger partial charge in [-0.25, -0.2) is 0 Å². The largest absolute Gasteiger partial charge is 0.459 e. The minimum absolute atomic E-state index is 0.0419. The zero-order valence-electron chi connectivity index (χ0n) is 16.4. The van der Waals surface area contributed by atoms with Gasteiger partial charge in [0.05, 0.1) is 13.2 Å². The van der Waals surface area contributed by atoms with E-state index in [1.54, 1.807) is 0 Å². The summed E-state index contributed by atoms with van der Waals surface area (Å²) in [5.74, 6) is 1.36. The van der Waals surface area contributed by atoms with Gasteiger partial charge in [-0.1, -0.05) is 43.5 Å². The zero-order chi connectivity index (χ0) is 19.3. The summed E-state index contributed by atoms with van der Waals surface area (Å²) >= 11 is 0. The average Bonchev–Trinajstić information content (AvgIpc) is 3.18. The van der Waals surface area contributed by atoms with Crippen LogP contribution in [0.2, 0.25) is 0 Å². The lowest BCUT2D eigenvalue weighted by atomic mass is 9.73. The summed E-state index contributed by atoms with van der Waals surface area (Å²) in [6, 6.07) is 8.00. The van der Waals surface area contributed by atoms with Gasteiger partial charge in [-0.15, -0.1) is 0 Å². The van der Waals surface area contributed by atoms with Crippen LogP contribution in [-0.2, 0) is 27.5 Å². The number of allylic oxidation sites excluding steroid dienone is 1. The minimum Gasteiger partial charge on any atom is -0.459 e. The summed E-state index contributed by atoms with van der Waals surface area (Å²) in [4.78, 5) is 12.7. The van der Waals surface area contributed by atoms with Crippen molar-refractivity contribution >= 4 is 5.91 Å². The molecule has 0 spiro atoms. The van der Waals surface area contributed by atoms with Crippen LogP contribution in [0.4, 0.5) is 0 Å². The van der Waals surface area contributed by atoms with Crippen molar-refractivity contribution in [2.75, 3.05) is 0 Å². The van der Waals surface area contributed by atoms with Gasteiger partial charge in [0.15, 0.2) is 5.76 Å². The van der Waals surface area contributed by atoms with Crippen molar-refractivity contribution in [1.29, 1.82) is 0 Å². The van der Waals surface area contributed by atoms with Crippen molar-refractivity contribution in [1.82, 2.24) is 5.32 Å². The molecule has 5 heteroatoms. The van der Waals surface area contributed by atoms with Crippen LogP contribution >= 0.6 is 0 Å². The molecule has 3 aliphatic rings. The standard InChI is InChI=1S/C23H31NO4/c25-14-16-8-10-17(11-9-16)15-27-22-13-19(18-4-3-5-18)12-21(28-22)23(26)24-20-6-1-2-7-20/h8-12,18-20,22,25H,1-7,13-15H2,(H,24,26)/t19-,22+/m1/s1. The van der Waals surface area contributed by atoms with Gasteiger partial charge in [0.25, 0.3) is 5.91 Å². The predicted octanol–water partition coefficient (Wildman–Crippen LogP) is 3.80. The molecule has 0 bridgehead atoms. The number of hydrogen-bond acceptors (Lipinski definition) is 4. The predicted molar refractivity (Wildman–Crippen MR) is 106 cm³/mol. The van der Waals surface area contributed by atoms with E-state index in [9.17, 15) is 4.79 Å². The van der Waals surface area contributed by atoms with E-state index in [1.165, 1.54) is 32.1 Å². The fourth-order valence-electron chi connectivity index (χ4n) is 4.40. The fourth-order valence-corrected chi connectivity index (χ4v) is 4.40. The van der Waals surface area contributed by atoms with E-state index in [0.717, 1.165) is 30.4 Å². The van der Waals surface area contributed by atoms with Gasteiger partial charge >= 0.3 is 0 Å². The van der Waals surface area contributed by atoms with E-state index in [1.807, 2.05) is 30.3 Å². The van der Waals surface area contributed by atoms with Crippen LogP contribution < -0.4 is 5.32 Å². The Labute approximate surface area is 167 Å². The minimum atomic E-state index is -0.391. The first-order valence-corrected chi connectivity index (χ1v) is 10.7. The number of ether oxygens (including phenoxy) is 2. The van der Waals surface area contributed by atoms with Crippen LogP contribution in [0, 0.1) is 11.8 Å². The number of benzene rings is 1. The highest BCUT2D eigenvalue weighted by Crippen LogP contribution is 2.40. The number of hydrogen-bond donors (Lipinski definition) is 2. The summed E-state index contributed by atoms with van der Waals surface area (Å²) in [6.45, 7) is 0.478. The number of amides is 1. The molecule has 152 valence electrons. The third-order valence-electron chi connectivity index (χ3n) is 6.40. The zero-order valence-corrected chi connectivity index (χ0v) is 16.4. The first kappa shape index (κ1) is 19.5. The Morgan fingerprint density at radius 3 is 2.43 bits per heavy atom. The molecule has 28 heavy (non-hydrogen) atoms. The highest BCUT2D eigenvalue weighted by Gasteiger charge is 2.35. The molecule has 2 atom stereocenters. The van der Waals surface area contributed by atoms with E-state index in [-0.39, 0.29) is 18.6 Å². The third-order valence-corrected chi connectivity index (χ3v) is 6.40. The summed E-state index contributed by atoms with van der Waals surface area (Å²) in [7, 11) is 0. The first-order chi connectivity index (χ1) is 13.7. The first-order valence-electron chi connectivity index (χ1n) is 10.7. The molecule has 1 heterocycles. The van der Waals surface area contributed by atoms with E-state index in [0.29, 0.717) is 24.2 Å². The Morgan fingerprint density at radius 1 is 1.07 bits per heavy atom. The second kappa shape index (κ2) is 9.10. The molecular formula is C23H31NO4. The number of nitrogens with one attached hydrogen (secondary N) is 1. The Kier molecular flexibility index (Phi) is 6.33. The number of aliphatic hydroxyl groups is 1. The molecule has 2 aliphatic carbocycles. The van der Waals surface area contributed by atoms with Crippen LogP contribution in [-0.4, -0.2) is 23.3 Å². The SMILES string of the molecule is O=C(NC1CCCC1)C1=C[C@@H](C2CCC2)C[C@@H](OCc2ccc(CO)cc2)O1. The highest BCUT2D eigenvalue weighted by molar-refractivity contribution is 5.91. The molecule has 2 saturated carbocycles. The molecule has 0 saturated heterocycles. The molecule has 1 amide bonds. The normalized spacial score (nSPS) is 25.7. The number of carbonyl (C=O) groups is 1. The van der Waals surface area contributed by atoms with Crippen molar-refractivity contribution < 1.29 is 19.4 Å². The van der Waals surface area contributed by atoms with Gasteiger partial charge in [0.1, 0.15) is 0 Å². The molecule has 2 N–H and O–H groups in total. The Bertz CT molecular complexity index is 689. The Morgan fingerprint density at radius 2 is 1.79 bits per heavy atom. The second-order valence-electron chi connectivity index (χ2n) is 8.41. The van der Waals surface area contributed by atoms with Crippen molar-refractivity contribution in [2.24, 2.45) is 11.8 Å². The Hall–Kier alpha value is -1.85. The molecule has 2 fully saturated rings. The maximum atomic E-state index is 12.7. The van der Waals surface area contributed by atoms with E-state index < -0.39 is 6.29 Å². The summed E-state index contributed by atoms with van der Waals surface area (Å²) in [6.07, 6.45) is 10.7. The van der Waals surface area contributed by atoms with Crippen molar-refractivity contribution in [3.63, 3.8) is 0 Å². The maximum absolute atomic E-state index is 12.7. The van der Waals surface area contributed by atoms with Gasteiger partial charge in [-0.05, 0) is 54.7 Å². The lowest BCUT2D eigenvalue weighted by Gasteiger charge is -2.37. The molecule has 5 nitrogen and oxygen atoms in total. The molecule has 4 rings (SSSR count). The van der Waals surface area contributed by atoms with Crippen LogP contribution in [0.25, 0.3) is 0 Å². The van der Waals surface area contributed by atoms with Crippen LogP contribution in [0.15, 0.2) is 36.1 Å². The fraction of sp³-hybridized carbons (Fsp3) is 0.609.